The number of nitrogens with zero attached hydrogens (tertiary/aromatic N) is 1. The van der Waals surface area contributed by atoms with E-state index in [2.05, 4.69) is 12.2 Å². The van der Waals surface area contributed by atoms with Gasteiger partial charge in [-0.3, -0.25) is 4.79 Å². The van der Waals surface area contributed by atoms with Crippen molar-refractivity contribution in [2.24, 2.45) is 5.92 Å². The maximum absolute atomic E-state index is 12.8. The zero-order chi connectivity index (χ0) is 20.1. The van der Waals surface area contributed by atoms with Crippen LogP contribution in [0.5, 0.6) is 5.75 Å². The molecule has 6 nitrogen and oxygen atoms in total. The second-order valence-electron chi connectivity index (χ2n) is 6.93. The highest BCUT2D eigenvalue weighted by Gasteiger charge is 2.28. The topological polar surface area (TPSA) is 75.7 Å². The van der Waals surface area contributed by atoms with Crippen molar-refractivity contribution in [3.63, 3.8) is 0 Å². The van der Waals surface area contributed by atoms with Crippen molar-refractivity contribution in [3.05, 3.63) is 53.6 Å². The van der Waals surface area contributed by atoms with E-state index in [-0.39, 0.29) is 17.4 Å². The van der Waals surface area contributed by atoms with Gasteiger partial charge in [0.2, 0.25) is 10.0 Å². The number of carbonyl (C=O) groups is 1. The summed E-state index contributed by atoms with van der Waals surface area (Å²) in [7, 11) is -3.50. The van der Waals surface area contributed by atoms with Crippen molar-refractivity contribution in [3.8, 4) is 5.75 Å². The molecule has 1 fully saturated rings. The lowest BCUT2D eigenvalue weighted by atomic mass is 10.0. The molecule has 1 heterocycles. The van der Waals surface area contributed by atoms with Crippen LogP contribution in [-0.4, -0.2) is 38.3 Å². The fraction of sp³-hybridized carbons (Fsp3) is 0.350. The second-order valence-corrected chi connectivity index (χ2v) is 9.30. The largest absolute Gasteiger partial charge is 0.484 e. The Morgan fingerprint density at radius 3 is 2.50 bits per heavy atom. The van der Waals surface area contributed by atoms with E-state index in [1.807, 2.05) is 0 Å². The molecule has 1 unspecified atom stereocenters. The third-order valence-corrected chi connectivity index (χ3v) is 6.71. The summed E-state index contributed by atoms with van der Waals surface area (Å²) in [6.45, 7) is 3.00. The lowest BCUT2D eigenvalue weighted by molar-refractivity contribution is -0.118. The minimum Gasteiger partial charge on any atom is -0.484 e. The molecular formula is C20H23ClN2O4S. The Morgan fingerprint density at radius 1 is 1.18 bits per heavy atom. The summed E-state index contributed by atoms with van der Waals surface area (Å²) in [6.07, 6.45) is 1.93. The van der Waals surface area contributed by atoms with E-state index in [0.29, 0.717) is 35.5 Å². The predicted molar refractivity (Wildman–Crippen MR) is 109 cm³/mol. The molecule has 2 aromatic carbocycles. The fourth-order valence-corrected chi connectivity index (χ4v) is 4.83. The second kappa shape index (κ2) is 8.94. The van der Waals surface area contributed by atoms with Gasteiger partial charge in [0.1, 0.15) is 5.75 Å². The van der Waals surface area contributed by atoms with Crippen molar-refractivity contribution < 1.29 is 17.9 Å². The third kappa shape index (κ3) is 5.25. The number of anilines is 1. The van der Waals surface area contributed by atoms with Gasteiger partial charge in [-0.25, -0.2) is 8.42 Å². The van der Waals surface area contributed by atoms with E-state index >= 15 is 0 Å². The molecule has 1 N–H and O–H groups in total. The summed E-state index contributed by atoms with van der Waals surface area (Å²) in [5.41, 5.74) is 0.510. The SMILES string of the molecule is CC1CCCN(S(=O)(=O)c2ccc(NC(=O)COc3ccc(Cl)cc3)cc2)C1. The number of benzene rings is 2. The molecule has 1 amide bonds. The Morgan fingerprint density at radius 2 is 1.86 bits per heavy atom. The first-order valence-corrected chi connectivity index (χ1v) is 10.9. The van der Waals surface area contributed by atoms with Crippen LogP contribution in [0.25, 0.3) is 0 Å². The first-order valence-electron chi connectivity index (χ1n) is 9.13. The quantitative estimate of drug-likeness (QED) is 0.768. The van der Waals surface area contributed by atoms with Gasteiger partial charge in [-0.15, -0.1) is 0 Å². The molecule has 28 heavy (non-hydrogen) atoms. The molecule has 2 aromatic rings. The summed E-state index contributed by atoms with van der Waals surface area (Å²) >= 11 is 5.80. The molecule has 1 aliphatic rings. The molecule has 1 atom stereocenters. The van der Waals surface area contributed by atoms with Gasteiger partial charge in [-0.2, -0.15) is 4.31 Å². The fourth-order valence-electron chi connectivity index (χ4n) is 3.10. The Bertz CT molecular complexity index is 914. The summed E-state index contributed by atoms with van der Waals surface area (Å²) in [4.78, 5) is 12.3. The molecule has 0 aromatic heterocycles. The predicted octanol–water partition coefficient (Wildman–Crippen LogP) is 3.78. The van der Waals surface area contributed by atoms with Crippen molar-refractivity contribution in [2.75, 3.05) is 25.0 Å². The zero-order valence-electron chi connectivity index (χ0n) is 15.6. The number of amides is 1. The van der Waals surface area contributed by atoms with Crippen molar-refractivity contribution >= 4 is 33.2 Å². The number of hydrogen-bond donors (Lipinski definition) is 1. The van der Waals surface area contributed by atoms with E-state index < -0.39 is 10.0 Å². The van der Waals surface area contributed by atoms with E-state index in [1.165, 1.54) is 16.4 Å². The molecule has 150 valence electrons. The van der Waals surface area contributed by atoms with E-state index in [0.717, 1.165) is 12.8 Å². The first kappa shape index (κ1) is 20.6. The molecular weight excluding hydrogens is 400 g/mol. The summed E-state index contributed by atoms with van der Waals surface area (Å²) in [5, 5.41) is 3.28. The van der Waals surface area contributed by atoms with Crippen LogP contribution in [0.15, 0.2) is 53.4 Å². The first-order chi connectivity index (χ1) is 13.3. The average Bonchev–Trinajstić information content (AvgIpc) is 2.68. The van der Waals surface area contributed by atoms with Gasteiger partial charge < -0.3 is 10.1 Å². The summed E-state index contributed by atoms with van der Waals surface area (Å²) in [5.74, 6) is 0.565. The van der Waals surface area contributed by atoms with Crippen LogP contribution in [0.4, 0.5) is 5.69 Å². The number of hydrogen-bond acceptors (Lipinski definition) is 4. The van der Waals surface area contributed by atoms with Gasteiger partial charge in [0.15, 0.2) is 6.61 Å². The van der Waals surface area contributed by atoms with Crippen LogP contribution < -0.4 is 10.1 Å². The molecule has 8 heteroatoms. The highest BCUT2D eigenvalue weighted by atomic mass is 35.5. The molecule has 3 rings (SSSR count). The van der Waals surface area contributed by atoms with Crippen LogP contribution in [0.1, 0.15) is 19.8 Å². The molecule has 0 saturated carbocycles. The van der Waals surface area contributed by atoms with Gasteiger partial charge in [0, 0.05) is 23.8 Å². The lowest BCUT2D eigenvalue weighted by Gasteiger charge is -2.30. The molecule has 0 radical (unpaired) electrons. The van der Waals surface area contributed by atoms with E-state index in [4.69, 9.17) is 16.3 Å². The van der Waals surface area contributed by atoms with Crippen LogP contribution in [0.2, 0.25) is 5.02 Å². The summed E-state index contributed by atoms with van der Waals surface area (Å²) < 4.78 is 32.4. The number of ether oxygens (including phenoxy) is 1. The van der Waals surface area contributed by atoms with Gasteiger partial charge in [-0.1, -0.05) is 18.5 Å². The smallest absolute Gasteiger partial charge is 0.262 e. The maximum Gasteiger partial charge on any atom is 0.262 e. The Kier molecular flexibility index (Phi) is 6.59. The molecule has 0 aliphatic carbocycles. The van der Waals surface area contributed by atoms with Gasteiger partial charge >= 0.3 is 0 Å². The van der Waals surface area contributed by atoms with Gasteiger partial charge in [-0.05, 0) is 67.3 Å². The highest BCUT2D eigenvalue weighted by molar-refractivity contribution is 7.89. The van der Waals surface area contributed by atoms with E-state index in [9.17, 15) is 13.2 Å². The number of halogens is 1. The summed E-state index contributed by atoms with van der Waals surface area (Å²) in [6, 6.07) is 12.9. The zero-order valence-corrected chi connectivity index (χ0v) is 17.2. The minimum absolute atomic E-state index is 0.159. The third-order valence-electron chi connectivity index (χ3n) is 4.58. The maximum atomic E-state index is 12.8. The van der Waals surface area contributed by atoms with Crippen LogP contribution >= 0.6 is 11.6 Å². The number of carbonyl (C=O) groups excluding carboxylic acids is 1. The van der Waals surface area contributed by atoms with Crippen LogP contribution in [0, 0.1) is 5.92 Å². The Labute approximate surface area is 170 Å². The van der Waals surface area contributed by atoms with E-state index in [1.54, 1.807) is 36.4 Å². The molecule has 0 spiro atoms. The Hall–Kier alpha value is -2.09. The average molecular weight is 423 g/mol. The molecule has 0 bridgehead atoms. The minimum atomic E-state index is -3.50. The number of sulfonamides is 1. The standard InChI is InChI=1S/C20H23ClN2O4S/c1-15-3-2-12-23(13-15)28(25,26)19-10-6-17(7-11-19)22-20(24)14-27-18-8-4-16(21)5-9-18/h4-11,15H,2-3,12-14H2,1H3,(H,22,24). The number of piperidine rings is 1. The van der Waals surface area contributed by atoms with Crippen molar-refractivity contribution in [1.82, 2.24) is 4.31 Å². The molecule has 1 aliphatic heterocycles. The Balaban J connectivity index is 1.57. The number of nitrogens with one attached hydrogen (secondary N) is 1. The number of rotatable bonds is 6. The lowest BCUT2D eigenvalue weighted by Crippen LogP contribution is -2.39. The van der Waals surface area contributed by atoms with Gasteiger partial charge in [0.05, 0.1) is 4.90 Å². The molecule has 1 saturated heterocycles. The highest BCUT2D eigenvalue weighted by Crippen LogP contribution is 2.24. The van der Waals surface area contributed by atoms with Gasteiger partial charge in [0.25, 0.3) is 5.91 Å². The van der Waals surface area contributed by atoms with Crippen LogP contribution in [0.3, 0.4) is 0 Å². The normalized spacial score (nSPS) is 17.9. The monoisotopic (exact) mass is 422 g/mol. The van der Waals surface area contributed by atoms with Crippen molar-refractivity contribution in [1.29, 1.82) is 0 Å². The van der Waals surface area contributed by atoms with Crippen molar-refractivity contribution in [2.45, 2.75) is 24.7 Å². The van der Waals surface area contributed by atoms with Crippen LogP contribution in [-0.2, 0) is 14.8 Å².